The van der Waals surface area contributed by atoms with Crippen molar-refractivity contribution in [2.45, 2.75) is 38.9 Å². The molecule has 0 atom stereocenters. The van der Waals surface area contributed by atoms with E-state index in [2.05, 4.69) is 0 Å². The summed E-state index contributed by atoms with van der Waals surface area (Å²) in [4.78, 5) is 14.3. The molecule has 0 bridgehead atoms. The van der Waals surface area contributed by atoms with Crippen molar-refractivity contribution in [3.05, 3.63) is 29.6 Å². The first-order valence-corrected chi connectivity index (χ1v) is 6.64. The largest absolute Gasteiger partial charge is 0.398 e. The SMILES string of the molecule is CC1(C)CN(C(=O)c2ccc(F)cc2N)CC(C)(C)O1. The minimum absolute atomic E-state index is 0.164. The molecule has 1 heterocycles. The zero-order chi connectivity index (χ0) is 15.1. The van der Waals surface area contributed by atoms with Gasteiger partial charge in [0.25, 0.3) is 5.91 Å². The first-order valence-electron chi connectivity index (χ1n) is 6.64. The van der Waals surface area contributed by atoms with Gasteiger partial charge >= 0.3 is 0 Å². The fourth-order valence-corrected chi connectivity index (χ4v) is 2.83. The first-order chi connectivity index (χ1) is 9.10. The maximum absolute atomic E-state index is 13.1. The average molecular weight is 280 g/mol. The van der Waals surface area contributed by atoms with Crippen LogP contribution in [0.5, 0.6) is 0 Å². The first kappa shape index (κ1) is 14.8. The number of hydrogen-bond acceptors (Lipinski definition) is 3. The zero-order valence-electron chi connectivity index (χ0n) is 12.4. The van der Waals surface area contributed by atoms with Gasteiger partial charge in [0.1, 0.15) is 5.82 Å². The molecule has 0 aliphatic carbocycles. The maximum Gasteiger partial charge on any atom is 0.256 e. The van der Waals surface area contributed by atoms with Crippen LogP contribution in [0.2, 0.25) is 0 Å². The predicted molar refractivity (Wildman–Crippen MR) is 76.0 cm³/mol. The topological polar surface area (TPSA) is 55.6 Å². The van der Waals surface area contributed by atoms with Crippen LogP contribution in [0, 0.1) is 5.82 Å². The fourth-order valence-electron chi connectivity index (χ4n) is 2.83. The second kappa shape index (κ2) is 4.74. The van der Waals surface area contributed by atoms with E-state index in [1.807, 2.05) is 27.7 Å². The van der Waals surface area contributed by atoms with E-state index in [1.165, 1.54) is 18.2 Å². The number of carbonyl (C=O) groups excluding carboxylic acids is 1. The van der Waals surface area contributed by atoms with Crippen LogP contribution < -0.4 is 5.73 Å². The van der Waals surface area contributed by atoms with Crippen LogP contribution in [0.15, 0.2) is 18.2 Å². The molecule has 1 saturated heterocycles. The Morgan fingerprint density at radius 2 is 1.80 bits per heavy atom. The van der Waals surface area contributed by atoms with Crippen LogP contribution in [0.1, 0.15) is 38.1 Å². The van der Waals surface area contributed by atoms with Crippen molar-refractivity contribution >= 4 is 11.6 Å². The van der Waals surface area contributed by atoms with Gasteiger partial charge in [0, 0.05) is 18.8 Å². The molecule has 1 fully saturated rings. The number of amides is 1. The van der Waals surface area contributed by atoms with Crippen LogP contribution in [-0.4, -0.2) is 35.1 Å². The van der Waals surface area contributed by atoms with E-state index < -0.39 is 17.0 Å². The monoisotopic (exact) mass is 280 g/mol. The Bertz CT molecular complexity index is 525. The molecule has 5 heteroatoms. The summed E-state index contributed by atoms with van der Waals surface area (Å²) in [5.74, 6) is -0.631. The Hall–Kier alpha value is -1.62. The summed E-state index contributed by atoms with van der Waals surface area (Å²) in [5.41, 5.74) is 5.39. The van der Waals surface area contributed by atoms with E-state index in [-0.39, 0.29) is 11.6 Å². The Kier molecular flexibility index (Phi) is 3.50. The van der Waals surface area contributed by atoms with E-state index in [4.69, 9.17) is 10.5 Å². The van der Waals surface area contributed by atoms with E-state index in [0.29, 0.717) is 18.7 Å². The summed E-state index contributed by atoms with van der Waals surface area (Å²) in [5, 5.41) is 0. The molecule has 20 heavy (non-hydrogen) atoms. The van der Waals surface area contributed by atoms with Crippen molar-refractivity contribution < 1.29 is 13.9 Å². The van der Waals surface area contributed by atoms with Gasteiger partial charge in [-0.25, -0.2) is 4.39 Å². The lowest BCUT2D eigenvalue weighted by Crippen LogP contribution is -2.58. The molecule has 2 N–H and O–H groups in total. The number of benzene rings is 1. The van der Waals surface area contributed by atoms with Gasteiger partial charge in [-0.05, 0) is 45.9 Å². The van der Waals surface area contributed by atoms with Gasteiger partial charge in [-0.1, -0.05) is 0 Å². The van der Waals surface area contributed by atoms with E-state index in [9.17, 15) is 9.18 Å². The lowest BCUT2D eigenvalue weighted by Gasteiger charge is -2.47. The Morgan fingerprint density at radius 3 is 2.30 bits per heavy atom. The number of nitrogen functional groups attached to an aromatic ring is 1. The summed E-state index contributed by atoms with van der Waals surface area (Å²) in [7, 11) is 0. The van der Waals surface area contributed by atoms with E-state index in [0.717, 1.165) is 0 Å². The van der Waals surface area contributed by atoms with Gasteiger partial charge in [0.2, 0.25) is 0 Å². The molecule has 4 nitrogen and oxygen atoms in total. The third-order valence-corrected chi connectivity index (χ3v) is 3.23. The van der Waals surface area contributed by atoms with Gasteiger partial charge in [-0.2, -0.15) is 0 Å². The van der Waals surface area contributed by atoms with Crippen molar-refractivity contribution in [1.82, 2.24) is 4.90 Å². The lowest BCUT2D eigenvalue weighted by molar-refractivity contribution is -0.171. The molecule has 0 spiro atoms. The Morgan fingerprint density at radius 1 is 1.25 bits per heavy atom. The standard InChI is InChI=1S/C15H21FN2O2/c1-14(2)8-18(9-15(3,4)20-14)13(19)11-6-5-10(16)7-12(11)17/h5-7H,8-9,17H2,1-4H3. The second-order valence-electron chi connectivity index (χ2n) is 6.51. The van der Waals surface area contributed by atoms with Crippen LogP contribution in [-0.2, 0) is 4.74 Å². The fraction of sp³-hybridized carbons (Fsp3) is 0.533. The minimum Gasteiger partial charge on any atom is -0.398 e. The van der Waals surface area contributed by atoms with Crippen molar-refractivity contribution in [3.8, 4) is 0 Å². The molecule has 1 aromatic carbocycles. The molecule has 2 rings (SSSR count). The maximum atomic E-state index is 13.1. The van der Waals surface area contributed by atoms with Gasteiger partial charge in [0.05, 0.1) is 16.8 Å². The van der Waals surface area contributed by atoms with Gasteiger partial charge in [0.15, 0.2) is 0 Å². The lowest BCUT2D eigenvalue weighted by atomic mass is 9.98. The van der Waals surface area contributed by atoms with E-state index in [1.54, 1.807) is 4.90 Å². The predicted octanol–water partition coefficient (Wildman–Crippen LogP) is 2.44. The summed E-state index contributed by atoms with van der Waals surface area (Å²) in [6.45, 7) is 8.74. The van der Waals surface area contributed by atoms with Crippen LogP contribution in [0.25, 0.3) is 0 Å². The second-order valence-corrected chi connectivity index (χ2v) is 6.51. The molecular formula is C15H21FN2O2. The zero-order valence-corrected chi connectivity index (χ0v) is 12.4. The highest BCUT2D eigenvalue weighted by Crippen LogP contribution is 2.29. The molecular weight excluding hydrogens is 259 g/mol. The molecule has 0 unspecified atom stereocenters. The number of nitrogens with zero attached hydrogens (tertiary/aromatic N) is 1. The highest BCUT2D eigenvalue weighted by atomic mass is 19.1. The molecule has 0 aromatic heterocycles. The number of ether oxygens (including phenoxy) is 1. The highest BCUT2D eigenvalue weighted by molar-refractivity contribution is 5.99. The van der Waals surface area contributed by atoms with Crippen LogP contribution in [0.3, 0.4) is 0 Å². The number of carbonyl (C=O) groups is 1. The summed E-state index contributed by atoms with van der Waals surface area (Å²) in [6.07, 6.45) is 0. The molecule has 1 aliphatic rings. The normalized spacial score (nSPS) is 20.8. The number of anilines is 1. The molecule has 1 aromatic rings. The number of rotatable bonds is 1. The summed E-state index contributed by atoms with van der Waals surface area (Å²) in [6, 6.07) is 3.85. The quantitative estimate of drug-likeness (QED) is 0.804. The highest BCUT2D eigenvalue weighted by Gasteiger charge is 2.40. The molecule has 0 radical (unpaired) electrons. The third-order valence-electron chi connectivity index (χ3n) is 3.23. The number of nitrogens with two attached hydrogens (primary N) is 1. The van der Waals surface area contributed by atoms with Crippen molar-refractivity contribution in [3.63, 3.8) is 0 Å². The number of hydrogen-bond donors (Lipinski definition) is 1. The molecule has 0 saturated carbocycles. The molecule has 1 amide bonds. The van der Waals surface area contributed by atoms with Gasteiger partial charge in [-0.3, -0.25) is 4.79 Å². The van der Waals surface area contributed by atoms with Gasteiger partial charge in [-0.15, -0.1) is 0 Å². The Balaban J connectivity index is 2.28. The van der Waals surface area contributed by atoms with Crippen molar-refractivity contribution in [1.29, 1.82) is 0 Å². The molecule has 1 aliphatic heterocycles. The van der Waals surface area contributed by atoms with Crippen LogP contribution >= 0.6 is 0 Å². The van der Waals surface area contributed by atoms with Gasteiger partial charge < -0.3 is 15.4 Å². The minimum atomic E-state index is -0.443. The third kappa shape index (κ3) is 3.10. The number of halogens is 1. The van der Waals surface area contributed by atoms with E-state index >= 15 is 0 Å². The van der Waals surface area contributed by atoms with Crippen molar-refractivity contribution in [2.75, 3.05) is 18.8 Å². The smallest absolute Gasteiger partial charge is 0.256 e. The molecule has 110 valence electrons. The Labute approximate surface area is 118 Å². The van der Waals surface area contributed by atoms with Crippen molar-refractivity contribution in [2.24, 2.45) is 0 Å². The van der Waals surface area contributed by atoms with Crippen LogP contribution in [0.4, 0.5) is 10.1 Å². The number of morpholine rings is 1. The average Bonchev–Trinajstić information content (AvgIpc) is 2.23. The summed E-state index contributed by atoms with van der Waals surface area (Å²) < 4.78 is 19.0. The summed E-state index contributed by atoms with van der Waals surface area (Å²) >= 11 is 0.